The van der Waals surface area contributed by atoms with Crippen LogP contribution in [-0.2, 0) is 11.3 Å². The van der Waals surface area contributed by atoms with Crippen molar-refractivity contribution in [2.45, 2.75) is 19.4 Å². The molecule has 1 aromatic carbocycles. The van der Waals surface area contributed by atoms with Crippen molar-refractivity contribution in [2.75, 3.05) is 6.61 Å². The predicted molar refractivity (Wildman–Crippen MR) is 52.4 cm³/mol. The number of benzene rings is 1. The van der Waals surface area contributed by atoms with Crippen molar-refractivity contribution in [2.24, 2.45) is 0 Å². The van der Waals surface area contributed by atoms with E-state index < -0.39 is 0 Å². The van der Waals surface area contributed by atoms with Gasteiger partial charge in [-0.25, -0.2) is 0 Å². The van der Waals surface area contributed by atoms with E-state index in [0.717, 1.165) is 25.0 Å². The first kappa shape index (κ1) is 10.1. The first-order valence-corrected chi connectivity index (χ1v) is 4.48. The molecule has 0 fully saturated rings. The number of rotatable bonds is 5. The summed E-state index contributed by atoms with van der Waals surface area (Å²) >= 11 is 0. The standard InChI is InChI=1S/C11H15O2/c1-2-3-8-13-9-10-4-6-11(12)7-5-10/h4-7,12H,1-3,8-9H2. The number of phenolic OH excluding ortho intramolecular Hbond substituents is 1. The molecule has 71 valence electrons. The Morgan fingerprint density at radius 1 is 1.23 bits per heavy atom. The second-order valence-corrected chi connectivity index (χ2v) is 2.93. The highest BCUT2D eigenvalue weighted by Gasteiger charge is 1.92. The monoisotopic (exact) mass is 179 g/mol. The van der Waals surface area contributed by atoms with Crippen molar-refractivity contribution in [1.29, 1.82) is 0 Å². The Labute approximate surface area is 79.2 Å². The molecule has 1 aromatic rings. The summed E-state index contributed by atoms with van der Waals surface area (Å²) in [6, 6.07) is 7.05. The lowest BCUT2D eigenvalue weighted by atomic mass is 10.2. The minimum atomic E-state index is 0.293. The van der Waals surface area contributed by atoms with E-state index in [4.69, 9.17) is 9.84 Å². The van der Waals surface area contributed by atoms with Gasteiger partial charge in [0.2, 0.25) is 0 Å². The van der Waals surface area contributed by atoms with Gasteiger partial charge in [0.25, 0.3) is 0 Å². The highest BCUT2D eigenvalue weighted by molar-refractivity contribution is 5.25. The van der Waals surface area contributed by atoms with Crippen LogP contribution in [0.2, 0.25) is 0 Å². The lowest BCUT2D eigenvalue weighted by molar-refractivity contribution is 0.119. The third kappa shape index (κ3) is 3.95. The fourth-order valence-corrected chi connectivity index (χ4v) is 0.986. The Kier molecular flexibility index (Phi) is 4.33. The largest absolute Gasteiger partial charge is 0.508 e. The van der Waals surface area contributed by atoms with E-state index in [9.17, 15) is 0 Å². The SMILES string of the molecule is [CH2]CCCOCc1ccc(O)cc1. The zero-order chi connectivity index (χ0) is 9.52. The zero-order valence-corrected chi connectivity index (χ0v) is 7.70. The minimum Gasteiger partial charge on any atom is -0.508 e. The molecule has 0 atom stereocenters. The fourth-order valence-electron chi connectivity index (χ4n) is 0.986. The molecule has 0 aliphatic carbocycles. The maximum absolute atomic E-state index is 9.02. The molecule has 0 heterocycles. The number of aromatic hydroxyl groups is 1. The average Bonchev–Trinajstić information content (AvgIpc) is 2.15. The lowest BCUT2D eigenvalue weighted by Gasteiger charge is -2.02. The average molecular weight is 179 g/mol. The van der Waals surface area contributed by atoms with Crippen molar-refractivity contribution < 1.29 is 9.84 Å². The summed E-state index contributed by atoms with van der Waals surface area (Å²) in [5.74, 6) is 0.293. The van der Waals surface area contributed by atoms with E-state index in [0.29, 0.717) is 12.4 Å². The topological polar surface area (TPSA) is 29.5 Å². The van der Waals surface area contributed by atoms with E-state index in [2.05, 4.69) is 6.92 Å². The van der Waals surface area contributed by atoms with E-state index in [1.165, 1.54) is 0 Å². The minimum absolute atomic E-state index is 0.293. The maximum atomic E-state index is 9.02. The summed E-state index contributed by atoms with van der Waals surface area (Å²) in [6.45, 7) is 5.09. The summed E-state index contributed by atoms with van der Waals surface area (Å²) in [7, 11) is 0. The van der Waals surface area contributed by atoms with Crippen molar-refractivity contribution >= 4 is 0 Å². The first-order chi connectivity index (χ1) is 6.33. The van der Waals surface area contributed by atoms with Crippen molar-refractivity contribution in [3.63, 3.8) is 0 Å². The third-order valence-electron chi connectivity index (χ3n) is 1.74. The van der Waals surface area contributed by atoms with E-state index in [1.54, 1.807) is 12.1 Å². The third-order valence-corrected chi connectivity index (χ3v) is 1.74. The Bertz CT molecular complexity index is 228. The van der Waals surface area contributed by atoms with Gasteiger partial charge < -0.3 is 9.84 Å². The molecule has 13 heavy (non-hydrogen) atoms. The molecule has 0 saturated carbocycles. The number of phenols is 1. The van der Waals surface area contributed by atoms with Crippen LogP contribution in [0.4, 0.5) is 0 Å². The van der Waals surface area contributed by atoms with Gasteiger partial charge in [-0.1, -0.05) is 25.5 Å². The van der Waals surface area contributed by atoms with Gasteiger partial charge >= 0.3 is 0 Å². The van der Waals surface area contributed by atoms with Crippen LogP contribution in [0.1, 0.15) is 18.4 Å². The number of unbranched alkanes of at least 4 members (excludes halogenated alkanes) is 1. The normalized spacial score (nSPS) is 10.2. The molecular weight excluding hydrogens is 164 g/mol. The molecule has 0 bridgehead atoms. The van der Waals surface area contributed by atoms with Crippen LogP contribution in [0.5, 0.6) is 5.75 Å². The molecule has 0 saturated heterocycles. The van der Waals surface area contributed by atoms with E-state index >= 15 is 0 Å². The van der Waals surface area contributed by atoms with Gasteiger partial charge in [0.05, 0.1) is 6.61 Å². The van der Waals surface area contributed by atoms with Crippen LogP contribution in [0.25, 0.3) is 0 Å². The smallest absolute Gasteiger partial charge is 0.115 e. The molecule has 2 heteroatoms. The Balaban J connectivity index is 2.25. The molecule has 1 radical (unpaired) electrons. The van der Waals surface area contributed by atoms with Gasteiger partial charge in [-0.15, -0.1) is 0 Å². The number of ether oxygens (including phenoxy) is 1. The number of hydrogen-bond acceptors (Lipinski definition) is 2. The predicted octanol–water partition coefficient (Wildman–Crippen LogP) is 2.52. The maximum Gasteiger partial charge on any atom is 0.115 e. The Morgan fingerprint density at radius 3 is 2.54 bits per heavy atom. The molecule has 0 aromatic heterocycles. The molecule has 1 N–H and O–H groups in total. The van der Waals surface area contributed by atoms with Gasteiger partial charge in [-0.2, -0.15) is 0 Å². The van der Waals surface area contributed by atoms with Gasteiger partial charge in [-0.05, 0) is 24.1 Å². The molecule has 0 spiro atoms. The van der Waals surface area contributed by atoms with Gasteiger partial charge in [-0.3, -0.25) is 0 Å². The molecule has 0 aliphatic heterocycles. The molecule has 0 amide bonds. The van der Waals surface area contributed by atoms with Gasteiger partial charge in [0.15, 0.2) is 0 Å². The Hall–Kier alpha value is -1.02. The highest BCUT2D eigenvalue weighted by Crippen LogP contribution is 2.10. The van der Waals surface area contributed by atoms with Crippen LogP contribution in [-0.4, -0.2) is 11.7 Å². The molecule has 0 unspecified atom stereocenters. The summed E-state index contributed by atoms with van der Waals surface area (Å²) in [4.78, 5) is 0. The molecule has 1 rings (SSSR count). The van der Waals surface area contributed by atoms with Crippen molar-refractivity contribution in [3.8, 4) is 5.75 Å². The van der Waals surface area contributed by atoms with Crippen LogP contribution in [0.3, 0.4) is 0 Å². The molecule has 2 nitrogen and oxygen atoms in total. The number of hydrogen-bond donors (Lipinski definition) is 1. The van der Waals surface area contributed by atoms with Crippen LogP contribution >= 0.6 is 0 Å². The van der Waals surface area contributed by atoms with Crippen LogP contribution < -0.4 is 0 Å². The lowest BCUT2D eigenvalue weighted by Crippen LogP contribution is -1.94. The second-order valence-electron chi connectivity index (χ2n) is 2.93. The summed E-state index contributed by atoms with van der Waals surface area (Å²) in [5, 5.41) is 9.02. The molecular formula is C11H15O2. The highest BCUT2D eigenvalue weighted by atomic mass is 16.5. The van der Waals surface area contributed by atoms with Gasteiger partial charge in [0.1, 0.15) is 5.75 Å². The van der Waals surface area contributed by atoms with Crippen LogP contribution in [0, 0.1) is 6.92 Å². The first-order valence-electron chi connectivity index (χ1n) is 4.48. The summed E-state index contributed by atoms with van der Waals surface area (Å²) < 4.78 is 5.38. The molecule has 0 aliphatic rings. The van der Waals surface area contributed by atoms with E-state index in [1.807, 2.05) is 12.1 Å². The summed E-state index contributed by atoms with van der Waals surface area (Å²) in [6.07, 6.45) is 1.91. The van der Waals surface area contributed by atoms with E-state index in [-0.39, 0.29) is 0 Å². The summed E-state index contributed by atoms with van der Waals surface area (Å²) in [5.41, 5.74) is 1.09. The zero-order valence-electron chi connectivity index (χ0n) is 7.70. The van der Waals surface area contributed by atoms with Gasteiger partial charge in [0, 0.05) is 6.61 Å². The van der Waals surface area contributed by atoms with Crippen LogP contribution in [0.15, 0.2) is 24.3 Å². The fraction of sp³-hybridized carbons (Fsp3) is 0.364. The Morgan fingerprint density at radius 2 is 1.92 bits per heavy atom. The second kappa shape index (κ2) is 5.60. The van der Waals surface area contributed by atoms with Crippen molar-refractivity contribution in [3.05, 3.63) is 36.8 Å². The van der Waals surface area contributed by atoms with Crippen molar-refractivity contribution in [1.82, 2.24) is 0 Å². The quantitative estimate of drug-likeness (QED) is 0.704.